The Bertz CT molecular complexity index is 999. The number of benzene rings is 2. The molecule has 1 saturated carbocycles. The van der Waals surface area contributed by atoms with Crippen molar-refractivity contribution in [2.75, 3.05) is 7.05 Å². The molecule has 2 fully saturated rings. The van der Waals surface area contributed by atoms with Gasteiger partial charge in [0.2, 0.25) is 0 Å². The summed E-state index contributed by atoms with van der Waals surface area (Å²) in [5.41, 5.74) is 2.22. The van der Waals surface area contributed by atoms with E-state index >= 15 is 0 Å². The first-order valence-electron chi connectivity index (χ1n) is 9.59. The molecule has 6 heteroatoms. The Hall–Kier alpha value is -3.15. The zero-order valence-corrected chi connectivity index (χ0v) is 15.6. The van der Waals surface area contributed by atoms with Crippen molar-refractivity contribution in [1.82, 2.24) is 15.1 Å². The lowest BCUT2D eigenvalue weighted by Gasteiger charge is -2.36. The second-order valence-electron chi connectivity index (χ2n) is 7.83. The summed E-state index contributed by atoms with van der Waals surface area (Å²) >= 11 is 0. The van der Waals surface area contributed by atoms with E-state index in [2.05, 4.69) is 5.32 Å². The van der Waals surface area contributed by atoms with Crippen LogP contribution < -0.4 is 5.32 Å². The molecule has 1 atom stereocenters. The highest BCUT2D eigenvalue weighted by molar-refractivity contribution is 6.08. The first-order valence-corrected chi connectivity index (χ1v) is 9.59. The zero-order valence-electron chi connectivity index (χ0n) is 15.6. The van der Waals surface area contributed by atoms with Gasteiger partial charge in [0.25, 0.3) is 11.8 Å². The third kappa shape index (κ3) is 2.30. The van der Waals surface area contributed by atoms with E-state index in [-0.39, 0.29) is 23.9 Å². The van der Waals surface area contributed by atoms with Gasteiger partial charge in [-0.25, -0.2) is 4.79 Å². The molecule has 0 spiro atoms. The standard InChI is InChI=1S/C22H21N3O3/c1-24-20(27)22(12-14-5-3-2-4-6-14,25(21(24)28)17-8-9-17)16-7-10-18-15(11-16)13-23-19(18)26/h2-7,10-11,17H,8-9,12-13H2,1H3,(H,23,26). The Labute approximate surface area is 163 Å². The van der Waals surface area contributed by atoms with Crippen LogP contribution in [0.2, 0.25) is 0 Å². The predicted octanol–water partition coefficient (Wildman–Crippen LogP) is 2.42. The molecule has 2 aromatic carbocycles. The normalized spacial score (nSPS) is 24.0. The van der Waals surface area contributed by atoms with Gasteiger partial charge in [-0.05, 0) is 35.6 Å². The summed E-state index contributed by atoms with van der Waals surface area (Å²) in [5.74, 6) is -0.297. The Kier molecular flexibility index (Phi) is 3.59. The summed E-state index contributed by atoms with van der Waals surface area (Å²) in [6, 6.07) is 15.2. The van der Waals surface area contributed by atoms with Crippen molar-refractivity contribution in [3.63, 3.8) is 0 Å². The molecular weight excluding hydrogens is 354 g/mol. The largest absolute Gasteiger partial charge is 0.348 e. The molecule has 0 bridgehead atoms. The first kappa shape index (κ1) is 17.0. The number of carbonyl (C=O) groups is 3. The number of hydrogen-bond donors (Lipinski definition) is 1. The van der Waals surface area contributed by atoms with E-state index in [1.807, 2.05) is 42.5 Å². The number of fused-ring (bicyclic) bond motifs is 1. The maximum Gasteiger partial charge on any atom is 0.327 e. The lowest BCUT2D eigenvalue weighted by atomic mass is 9.81. The van der Waals surface area contributed by atoms with Crippen LogP contribution in [0.25, 0.3) is 0 Å². The van der Waals surface area contributed by atoms with Crippen molar-refractivity contribution in [3.05, 3.63) is 70.8 Å². The van der Waals surface area contributed by atoms with Gasteiger partial charge in [-0.15, -0.1) is 0 Å². The van der Waals surface area contributed by atoms with Gasteiger partial charge in [0.1, 0.15) is 0 Å². The summed E-state index contributed by atoms with van der Waals surface area (Å²) in [5, 5.41) is 2.83. The van der Waals surface area contributed by atoms with Gasteiger partial charge < -0.3 is 10.2 Å². The number of imide groups is 1. The maximum absolute atomic E-state index is 13.5. The quantitative estimate of drug-likeness (QED) is 0.835. The first-order chi connectivity index (χ1) is 13.5. The van der Waals surface area contributed by atoms with Crippen LogP contribution in [-0.4, -0.2) is 40.7 Å². The number of carbonyl (C=O) groups excluding carboxylic acids is 3. The van der Waals surface area contributed by atoms with Crippen LogP contribution >= 0.6 is 0 Å². The van der Waals surface area contributed by atoms with Crippen LogP contribution in [0, 0.1) is 0 Å². The molecule has 3 aliphatic rings. The van der Waals surface area contributed by atoms with Crippen LogP contribution in [-0.2, 0) is 23.3 Å². The van der Waals surface area contributed by atoms with E-state index in [0.29, 0.717) is 18.5 Å². The summed E-state index contributed by atoms with van der Waals surface area (Å²) < 4.78 is 0. The highest BCUT2D eigenvalue weighted by Gasteiger charge is 2.61. The molecule has 0 aromatic heterocycles. The smallest absolute Gasteiger partial charge is 0.327 e. The van der Waals surface area contributed by atoms with Crippen molar-refractivity contribution in [2.45, 2.75) is 37.4 Å². The molecule has 1 unspecified atom stereocenters. The van der Waals surface area contributed by atoms with Crippen LogP contribution in [0.15, 0.2) is 48.5 Å². The van der Waals surface area contributed by atoms with E-state index in [0.717, 1.165) is 29.5 Å². The fourth-order valence-corrected chi connectivity index (χ4v) is 4.50. The highest BCUT2D eigenvalue weighted by Crippen LogP contribution is 2.46. The van der Waals surface area contributed by atoms with E-state index in [1.165, 1.54) is 4.90 Å². The summed E-state index contributed by atoms with van der Waals surface area (Å²) in [4.78, 5) is 41.6. The van der Waals surface area contributed by atoms with Gasteiger partial charge in [-0.2, -0.15) is 0 Å². The van der Waals surface area contributed by atoms with Gasteiger partial charge >= 0.3 is 6.03 Å². The van der Waals surface area contributed by atoms with Crippen molar-refractivity contribution in [2.24, 2.45) is 0 Å². The summed E-state index contributed by atoms with van der Waals surface area (Å²) in [6.45, 7) is 0.449. The number of likely N-dealkylation sites (N-methyl/N-ethyl adjacent to an activating group) is 1. The van der Waals surface area contributed by atoms with E-state index in [9.17, 15) is 14.4 Å². The zero-order chi connectivity index (χ0) is 19.5. The Balaban J connectivity index is 1.70. The van der Waals surface area contributed by atoms with Crippen LogP contribution in [0.4, 0.5) is 4.79 Å². The topological polar surface area (TPSA) is 69.7 Å². The Morgan fingerprint density at radius 2 is 1.82 bits per heavy atom. The Morgan fingerprint density at radius 1 is 1.07 bits per heavy atom. The number of nitrogens with zero attached hydrogens (tertiary/aromatic N) is 2. The van der Waals surface area contributed by atoms with E-state index < -0.39 is 5.54 Å². The molecule has 4 amide bonds. The molecule has 142 valence electrons. The lowest BCUT2D eigenvalue weighted by molar-refractivity contribution is -0.133. The molecule has 0 radical (unpaired) electrons. The van der Waals surface area contributed by atoms with Crippen molar-refractivity contribution in [3.8, 4) is 0 Å². The molecule has 2 heterocycles. The van der Waals surface area contributed by atoms with Gasteiger partial charge in [0, 0.05) is 31.6 Å². The summed E-state index contributed by atoms with van der Waals surface area (Å²) in [7, 11) is 1.56. The molecule has 5 rings (SSSR count). The second-order valence-corrected chi connectivity index (χ2v) is 7.83. The molecule has 2 aromatic rings. The minimum absolute atomic E-state index is 0.0816. The highest BCUT2D eigenvalue weighted by atomic mass is 16.2. The van der Waals surface area contributed by atoms with Gasteiger partial charge in [-0.3, -0.25) is 14.5 Å². The monoisotopic (exact) mass is 375 g/mol. The van der Waals surface area contributed by atoms with Crippen LogP contribution in [0.5, 0.6) is 0 Å². The molecule has 1 N–H and O–H groups in total. The summed E-state index contributed by atoms with van der Waals surface area (Å²) in [6.07, 6.45) is 2.24. The Morgan fingerprint density at radius 3 is 2.54 bits per heavy atom. The second kappa shape index (κ2) is 5.92. The SMILES string of the molecule is CN1C(=O)N(C2CC2)C(Cc2ccccc2)(c2ccc3c(c2)CNC3=O)C1=O. The fourth-order valence-electron chi connectivity index (χ4n) is 4.50. The minimum Gasteiger partial charge on any atom is -0.348 e. The predicted molar refractivity (Wildman–Crippen MR) is 102 cm³/mol. The van der Waals surface area contributed by atoms with Crippen molar-refractivity contribution in [1.29, 1.82) is 0 Å². The van der Waals surface area contributed by atoms with Gasteiger partial charge in [-0.1, -0.05) is 42.5 Å². The average Bonchev–Trinajstić information content (AvgIpc) is 3.45. The lowest BCUT2D eigenvalue weighted by Crippen LogP contribution is -2.50. The van der Waals surface area contributed by atoms with E-state index in [4.69, 9.17) is 0 Å². The van der Waals surface area contributed by atoms with Gasteiger partial charge in [0.05, 0.1) is 0 Å². The molecule has 6 nitrogen and oxygen atoms in total. The number of hydrogen-bond acceptors (Lipinski definition) is 3. The number of rotatable bonds is 4. The molecule has 1 aliphatic carbocycles. The fraction of sp³-hybridized carbons (Fsp3) is 0.318. The van der Waals surface area contributed by atoms with E-state index in [1.54, 1.807) is 18.0 Å². The maximum atomic E-state index is 13.5. The number of amides is 4. The van der Waals surface area contributed by atoms with Crippen molar-refractivity contribution >= 4 is 17.8 Å². The van der Waals surface area contributed by atoms with Crippen LogP contribution in [0.1, 0.15) is 39.9 Å². The van der Waals surface area contributed by atoms with Gasteiger partial charge in [0.15, 0.2) is 5.54 Å². The minimum atomic E-state index is -1.07. The molecule has 2 aliphatic heterocycles. The molecule has 28 heavy (non-hydrogen) atoms. The van der Waals surface area contributed by atoms with Crippen molar-refractivity contribution < 1.29 is 14.4 Å². The molecular formula is C22H21N3O3. The third-order valence-corrected chi connectivity index (χ3v) is 6.04. The molecule has 1 saturated heterocycles. The van der Waals surface area contributed by atoms with Crippen LogP contribution in [0.3, 0.4) is 0 Å². The number of nitrogens with one attached hydrogen (secondary N) is 1. The number of urea groups is 1. The third-order valence-electron chi connectivity index (χ3n) is 6.04. The average molecular weight is 375 g/mol.